The number of amides is 1. The molecule has 5 nitrogen and oxygen atoms in total. The van der Waals surface area contributed by atoms with E-state index in [1.165, 1.54) is 25.7 Å². The number of nitrogens with zero attached hydrogens (tertiary/aromatic N) is 2. The lowest BCUT2D eigenvalue weighted by atomic mass is 9.86. The molecule has 0 unspecified atom stereocenters. The average Bonchev–Trinajstić information content (AvgIpc) is 3.46. The van der Waals surface area contributed by atoms with Crippen LogP contribution in [0.15, 0.2) is 59.7 Å². The zero-order valence-corrected chi connectivity index (χ0v) is 18.7. The first-order chi connectivity index (χ1) is 15.6. The number of ether oxygens (including phenoxy) is 1. The first kappa shape index (κ1) is 20.7. The molecule has 5 heteroatoms. The van der Waals surface area contributed by atoms with Crippen LogP contribution in [0.4, 0.5) is 0 Å². The lowest BCUT2D eigenvalue weighted by Crippen LogP contribution is -2.24. The normalized spacial score (nSPS) is 22.3. The molecular weight excluding hydrogens is 398 g/mol. The summed E-state index contributed by atoms with van der Waals surface area (Å²) in [7, 11) is 0. The number of rotatable bonds is 6. The molecule has 2 fully saturated rings. The zero-order chi connectivity index (χ0) is 22.1. The van der Waals surface area contributed by atoms with Gasteiger partial charge in [-0.15, -0.1) is 0 Å². The fraction of sp³-hybridized carbons (Fsp3) is 0.370. The Labute approximate surface area is 188 Å². The van der Waals surface area contributed by atoms with Gasteiger partial charge < -0.3 is 4.74 Å². The van der Waals surface area contributed by atoms with Gasteiger partial charge in [-0.25, -0.2) is 10.4 Å². The molecule has 3 aromatic rings. The van der Waals surface area contributed by atoms with E-state index in [-0.39, 0.29) is 5.91 Å². The molecule has 0 radical (unpaired) electrons. The predicted molar refractivity (Wildman–Crippen MR) is 128 cm³/mol. The molecule has 0 saturated heterocycles. The molecule has 2 bridgehead atoms. The lowest BCUT2D eigenvalue weighted by molar-refractivity contribution is 0.0956. The Morgan fingerprint density at radius 3 is 2.66 bits per heavy atom. The van der Waals surface area contributed by atoms with Crippen molar-refractivity contribution in [2.24, 2.45) is 22.9 Å². The van der Waals surface area contributed by atoms with Gasteiger partial charge >= 0.3 is 0 Å². The summed E-state index contributed by atoms with van der Waals surface area (Å²) in [5, 5.41) is 5.35. The van der Waals surface area contributed by atoms with Gasteiger partial charge in [0.05, 0.1) is 23.4 Å². The number of carbonyl (C=O) groups excluding carboxylic acids is 1. The maximum Gasteiger partial charge on any atom is 0.272 e. The number of hydrogen-bond donors (Lipinski definition) is 1. The van der Waals surface area contributed by atoms with Crippen LogP contribution in [0.5, 0.6) is 5.75 Å². The minimum Gasteiger partial charge on any atom is -0.494 e. The molecular formula is C27H29N3O2. The van der Waals surface area contributed by atoms with Crippen LogP contribution in [0.25, 0.3) is 22.2 Å². The van der Waals surface area contributed by atoms with Crippen molar-refractivity contribution in [3.8, 4) is 17.0 Å². The number of pyridine rings is 1. The highest BCUT2D eigenvalue weighted by atomic mass is 16.5. The molecule has 5 rings (SSSR count). The van der Waals surface area contributed by atoms with Gasteiger partial charge in [-0.1, -0.05) is 24.6 Å². The van der Waals surface area contributed by atoms with Gasteiger partial charge in [0.15, 0.2) is 0 Å². The van der Waals surface area contributed by atoms with Crippen molar-refractivity contribution < 1.29 is 9.53 Å². The van der Waals surface area contributed by atoms with E-state index in [2.05, 4.69) is 17.5 Å². The third-order valence-electron chi connectivity index (χ3n) is 7.03. The van der Waals surface area contributed by atoms with Gasteiger partial charge in [0.1, 0.15) is 5.75 Å². The maximum atomic E-state index is 13.2. The SMILES string of the molecule is CCOc1ccc(-c2cc(C(=O)N/N=C(/C)[C@H]3C[C@@H]4CC[C@@H]3C4)c3ccccc3n2)cc1. The highest BCUT2D eigenvalue weighted by molar-refractivity contribution is 6.07. The van der Waals surface area contributed by atoms with Crippen molar-refractivity contribution >= 4 is 22.5 Å². The Hall–Kier alpha value is -3.21. The fourth-order valence-corrected chi connectivity index (χ4v) is 5.44. The summed E-state index contributed by atoms with van der Waals surface area (Å²) in [4.78, 5) is 18.0. The van der Waals surface area contributed by atoms with Crippen LogP contribution in [-0.4, -0.2) is 23.2 Å². The highest BCUT2D eigenvalue weighted by Crippen LogP contribution is 2.48. The molecule has 32 heavy (non-hydrogen) atoms. The lowest BCUT2D eigenvalue weighted by Gasteiger charge is -2.21. The van der Waals surface area contributed by atoms with Crippen molar-refractivity contribution in [1.29, 1.82) is 0 Å². The summed E-state index contributed by atoms with van der Waals surface area (Å²) in [6, 6.07) is 17.4. The third kappa shape index (κ3) is 3.99. The van der Waals surface area contributed by atoms with Gasteiger partial charge in [0.25, 0.3) is 5.91 Å². The van der Waals surface area contributed by atoms with Gasteiger partial charge in [0.2, 0.25) is 0 Å². The summed E-state index contributed by atoms with van der Waals surface area (Å²) in [6.07, 6.45) is 5.20. The quantitative estimate of drug-likeness (QED) is 0.397. The molecule has 3 atom stereocenters. The number of aromatic nitrogens is 1. The van der Waals surface area contributed by atoms with Crippen LogP contribution in [0.3, 0.4) is 0 Å². The molecule has 0 aliphatic heterocycles. The van der Waals surface area contributed by atoms with E-state index in [9.17, 15) is 4.79 Å². The first-order valence-corrected chi connectivity index (χ1v) is 11.6. The molecule has 1 aromatic heterocycles. The van der Waals surface area contributed by atoms with E-state index in [1.54, 1.807) is 0 Å². The summed E-state index contributed by atoms with van der Waals surface area (Å²) >= 11 is 0. The smallest absolute Gasteiger partial charge is 0.272 e. The molecule has 1 heterocycles. The number of nitrogens with one attached hydrogen (secondary N) is 1. The fourth-order valence-electron chi connectivity index (χ4n) is 5.44. The highest BCUT2D eigenvalue weighted by Gasteiger charge is 2.40. The first-order valence-electron chi connectivity index (χ1n) is 11.6. The van der Waals surface area contributed by atoms with Crippen molar-refractivity contribution in [3.05, 3.63) is 60.2 Å². The number of hydrogen-bond acceptors (Lipinski definition) is 4. The van der Waals surface area contributed by atoms with Crippen molar-refractivity contribution in [1.82, 2.24) is 10.4 Å². The third-order valence-corrected chi connectivity index (χ3v) is 7.03. The Kier molecular flexibility index (Phi) is 5.64. The van der Waals surface area contributed by atoms with E-state index in [0.29, 0.717) is 18.1 Å². The molecule has 1 amide bonds. The second kappa shape index (κ2) is 8.73. The van der Waals surface area contributed by atoms with E-state index < -0.39 is 0 Å². The maximum absolute atomic E-state index is 13.2. The van der Waals surface area contributed by atoms with Gasteiger partial charge in [-0.05, 0) is 81.3 Å². The Morgan fingerprint density at radius 1 is 1.12 bits per heavy atom. The largest absolute Gasteiger partial charge is 0.494 e. The molecule has 1 N–H and O–H groups in total. The van der Waals surface area contributed by atoms with Crippen LogP contribution in [-0.2, 0) is 0 Å². The van der Waals surface area contributed by atoms with Crippen molar-refractivity contribution in [3.63, 3.8) is 0 Å². The topological polar surface area (TPSA) is 63.6 Å². The van der Waals surface area contributed by atoms with Crippen molar-refractivity contribution in [2.75, 3.05) is 6.61 Å². The predicted octanol–water partition coefficient (Wildman–Crippen LogP) is 5.84. The van der Waals surface area contributed by atoms with Gasteiger partial charge in [-0.2, -0.15) is 5.10 Å². The number of benzene rings is 2. The second-order valence-electron chi connectivity index (χ2n) is 9.01. The second-order valence-corrected chi connectivity index (χ2v) is 9.01. The number of fused-ring (bicyclic) bond motifs is 3. The molecule has 2 aliphatic carbocycles. The van der Waals surface area contributed by atoms with E-state index in [4.69, 9.17) is 9.72 Å². The minimum atomic E-state index is -0.196. The molecule has 2 aliphatic rings. The Bertz CT molecular complexity index is 1170. The van der Waals surface area contributed by atoms with E-state index >= 15 is 0 Å². The summed E-state index contributed by atoms with van der Waals surface area (Å²) in [5.74, 6) is 2.74. The number of carbonyl (C=O) groups is 1. The van der Waals surface area contributed by atoms with Crippen LogP contribution in [0.2, 0.25) is 0 Å². The molecule has 164 valence electrons. The monoisotopic (exact) mass is 427 g/mol. The van der Waals surface area contributed by atoms with Gasteiger partial charge in [-0.3, -0.25) is 4.79 Å². The Morgan fingerprint density at radius 2 is 1.94 bits per heavy atom. The minimum absolute atomic E-state index is 0.196. The van der Waals surface area contributed by atoms with Crippen LogP contribution >= 0.6 is 0 Å². The molecule has 2 aromatic carbocycles. The Balaban J connectivity index is 1.43. The van der Waals surface area contributed by atoms with Crippen LogP contribution in [0.1, 0.15) is 49.9 Å². The number of para-hydroxylation sites is 1. The average molecular weight is 428 g/mol. The van der Waals surface area contributed by atoms with E-state index in [1.807, 2.05) is 61.5 Å². The van der Waals surface area contributed by atoms with Crippen LogP contribution < -0.4 is 10.2 Å². The zero-order valence-electron chi connectivity index (χ0n) is 18.7. The molecule has 2 saturated carbocycles. The number of hydrazone groups is 1. The summed E-state index contributed by atoms with van der Waals surface area (Å²) in [5.41, 5.74) is 6.96. The van der Waals surface area contributed by atoms with E-state index in [0.717, 1.165) is 45.5 Å². The van der Waals surface area contributed by atoms with Crippen molar-refractivity contribution in [2.45, 2.75) is 39.5 Å². The summed E-state index contributed by atoms with van der Waals surface area (Å²) < 4.78 is 5.54. The van der Waals surface area contributed by atoms with Gasteiger partial charge in [0, 0.05) is 22.6 Å². The molecule has 0 spiro atoms. The summed E-state index contributed by atoms with van der Waals surface area (Å²) in [6.45, 7) is 4.65. The standard InChI is InChI=1S/C27H29N3O2/c1-3-32-21-12-10-19(11-13-21)26-16-24(22-6-4-5-7-25(22)28-26)27(31)30-29-17(2)23-15-18-8-9-20(23)14-18/h4-7,10-13,16,18,20,23H,3,8-9,14-15H2,1-2H3,(H,30,31)/b29-17-/t18-,20-,23-/m1/s1. The van der Waals surface area contributed by atoms with Crippen LogP contribution in [0, 0.1) is 17.8 Å².